The topological polar surface area (TPSA) is 56.7 Å². The largest absolute Gasteiger partial charge is 0.456 e. The summed E-state index contributed by atoms with van der Waals surface area (Å²) >= 11 is 0. The molecular weight excluding hydrogens is 805 g/mol. The highest BCUT2D eigenvalue weighted by atomic mass is 16.3. The number of fused-ring (bicyclic) bond motifs is 11. The van der Waals surface area contributed by atoms with Gasteiger partial charge in [-0.05, 0) is 103 Å². The highest BCUT2D eigenvalue weighted by Gasteiger charge is 2.22. The lowest BCUT2D eigenvalue weighted by atomic mass is 9.94. The maximum atomic E-state index is 6.36. The van der Waals surface area contributed by atoms with Crippen molar-refractivity contribution in [2.45, 2.75) is 0 Å². The van der Waals surface area contributed by atoms with Gasteiger partial charge in [0.25, 0.3) is 0 Å². The summed E-state index contributed by atoms with van der Waals surface area (Å²) in [5.74, 6) is 1.77. The molecule has 0 saturated heterocycles. The van der Waals surface area contributed by atoms with Crippen LogP contribution in [-0.2, 0) is 0 Å². The van der Waals surface area contributed by atoms with Gasteiger partial charge in [-0.3, -0.25) is 0 Å². The second-order valence-electron chi connectivity index (χ2n) is 17.1. The Morgan fingerprint density at radius 2 is 0.939 bits per heavy atom. The third-order valence-corrected chi connectivity index (χ3v) is 13.4. The minimum Gasteiger partial charge on any atom is -0.456 e. The Balaban J connectivity index is 1.06. The molecule has 0 spiro atoms. The van der Waals surface area contributed by atoms with E-state index in [9.17, 15) is 0 Å². The van der Waals surface area contributed by atoms with Gasteiger partial charge in [0.15, 0.2) is 17.5 Å². The molecule has 0 fully saturated rings. The van der Waals surface area contributed by atoms with E-state index in [0.29, 0.717) is 17.5 Å². The first-order valence-electron chi connectivity index (χ1n) is 22.3. The summed E-state index contributed by atoms with van der Waals surface area (Å²) in [5.41, 5.74) is 10.0. The molecule has 0 bridgehead atoms. The lowest BCUT2D eigenvalue weighted by Gasteiger charge is -2.17. The fraction of sp³-hybridized carbons (Fsp3) is 0. The molecule has 14 rings (SSSR count). The summed E-state index contributed by atoms with van der Waals surface area (Å²) in [7, 11) is 0. The highest BCUT2D eigenvalue weighted by Crippen LogP contribution is 2.43. The lowest BCUT2D eigenvalue weighted by Crippen LogP contribution is -2.02. The fourth-order valence-corrected chi connectivity index (χ4v) is 10.3. The molecular formula is C61H36N4O. The van der Waals surface area contributed by atoms with E-state index in [0.717, 1.165) is 71.7 Å². The summed E-state index contributed by atoms with van der Waals surface area (Å²) in [5, 5.41) is 14.0. The molecule has 0 amide bonds. The molecule has 0 aliphatic rings. The number of furan rings is 1. The zero-order valence-corrected chi connectivity index (χ0v) is 35.5. The summed E-state index contributed by atoms with van der Waals surface area (Å²) in [4.78, 5) is 15.7. The number of nitrogens with zero attached hydrogens (tertiary/aromatic N) is 4. The van der Waals surface area contributed by atoms with Crippen molar-refractivity contribution in [2.24, 2.45) is 0 Å². The molecule has 0 aliphatic heterocycles. The zero-order chi connectivity index (χ0) is 43.3. The maximum absolute atomic E-state index is 6.36. The second kappa shape index (κ2) is 14.3. The van der Waals surface area contributed by atoms with Crippen LogP contribution < -0.4 is 0 Å². The number of rotatable bonds is 5. The van der Waals surface area contributed by atoms with Crippen LogP contribution in [0.15, 0.2) is 223 Å². The van der Waals surface area contributed by atoms with Crippen molar-refractivity contribution in [3.05, 3.63) is 218 Å². The zero-order valence-electron chi connectivity index (χ0n) is 35.5. The summed E-state index contributed by atoms with van der Waals surface area (Å²) in [6, 6.07) is 77.8. The van der Waals surface area contributed by atoms with Crippen LogP contribution in [0.25, 0.3) is 138 Å². The van der Waals surface area contributed by atoms with E-state index >= 15 is 0 Å². The Labute approximate surface area is 378 Å². The molecule has 11 aromatic carbocycles. The molecule has 0 saturated carbocycles. The second-order valence-corrected chi connectivity index (χ2v) is 17.1. The summed E-state index contributed by atoms with van der Waals surface area (Å²) < 4.78 is 8.83. The summed E-state index contributed by atoms with van der Waals surface area (Å²) in [6.45, 7) is 0. The van der Waals surface area contributed by atoms with Crippen molar-refractivity contribution in [3.63, 3.8) is 0 Å². The van der Waals surface area contributed by atoms with E-state index in [1.807, 2.05) is 36.4 Å². The Kier molecular flexibility index (Phi) is 7.91. The van der Waals surface area contributed by atoms with Gasteiger partial charge in [-0.25, -0.2) is 15.0 Å². The summed E-state index contributed by atoms with van der Waals surface area (Å²) in [6.07, 6.45) is 0. The van der Waals surface area contributed by atoms with Crippen molar-refractivity contribution >= 4 is 86.8 Å². The van der Waals surface area contributed by atoms with Gasteiger partial charge in [0.1, 0.15) is 11.2 Å². The van der Waals surface area contributed by atoms with Crippen molar-refractivity contribution in [3.8, 4) is 51.0 Å². The molecule has 14 aromatic rings. The predicted octanol–water partition coefficient (Wildman–Crippen LogP) is 16.1. The molecule has 0 unspecified atom stereocenters. The Hall–Kier alpha value is -8.93. The minimum atomic E-state index is 0.576. The molecule has 66 heavy (non-hydrogen) atoms. The Bertz CT molecular complexity index is 4290. The lowest BCUT2D eigenvalue weighted by molar-refractivity contribution is 0.669. The van der Waals surface area contributed by atoms with Crippen LogP contribution in [0.1, 0.15) is 0 Å². The Morgan fingerprint density at radius 1 is 0.303 bits per heavy atom. The van der Waals surface area contributed by atoms with Crippen LogP contribution in [0.2, 0.25) is 0 Å². The van der Waals surface area contributed by atoms with Crippen molar-refractivity contribution in [1.82, 2.24) is 19.5 Å². The number of benzene rings is 11. The van der Waals surface area contributed by atoms with Gasteiger partial charge in [-0.15, -0.1) is 0 Å². The highest BCUT2D eigenvalue weighted by molar-refractivity contribution is 6.24. The van der Waals surface area contributed by atoms with Crippen LogP contribution in [0.5, 0.6) is 0 Å². The molecule has 5 heteroatoms. The molecule has 0 N–H and O–H groups in total. The Morgan fingerprint density at radius 3 is 1.79 bits per heavy atom. The van der Waals surface area contributed by atoms with Crippen LogP contribution in [0.3, 0.4) is 0 Å². The van der Waals surface area contributed by atoms with Crippen molar-refractivity contribution in [1.29, 1.82) is 0 Å². The molecule has 0 radical (unpaired) electrons. The van der Waals surface area contributed by atoms with Gasteiger partial charge in [0, 0.05) is 43.6 Å². The van der Waals surface area contributed by atoms with Gasteiger partial charge >= 0.3 is 0 Å². The number of hydrogen-bond donors (Lipinski definition) is 0. The molecule has 306 valence electrons. The van der Waals surface area contributed by atoms with E-state index < -0.39 is 0 Å². The van der Waals surface area contributed by atoms with E-state index in [1.165, 1.54) is 48.7 Å². The van der Waals surface area contributed by atoms with Crippen LogP contribution >= 0.6 is 0 Å². The monoisotopic (exact) mass is 840 g/mol. The van der Waals surface area contributed by atoms with E-state index in [1.54, 1.807) is 0 Å². The van der Waals surface area contributed by atoms with Gasteiger partial charge in [0.2, 0.25) is 0 Å². The number of hydrogen-bond acceptors (Lipinski definition) is 4. The van der Waals surface area contributed by atoms with Crippen LogP contribution in [-0.4, -0.2) is 19.5 Å². The average molecular weight is 841 g/mol. The number of para-hydroxylation sites is 1. The quantitative estimate of drug-likeness (QED) is 0.173. The fourth-order valence-electron chi connectivity index (χ4n) is 10.3. The van der Waals surface area contributed by atoms with E-state index in [4.69, 9.17) is 19.4 Å². The normalized spacial score (nSPS) is 11.9. The molecule has 3 heterocycles. The van der Waals surface area contributed by atoms with E-state index in [2.05, 4.69) is 187 Å². The molecule has 5 nitrogen and oxygen atoms in total. The van der Waals surface area contributed by atoms with Gasteiger partial charge in [-0.1, -0.05) is 164 Å². The third kappa shape index (κ3) is 5.63. The minimum absolute atomic E-state index is 0.576. The maximum Gasteiger partial charge on any atom is 0.164 e. The van der Waals surface area contributed by atoms with Gasteiger partial charge in [0.05, 0.1) is 16.7 Å². The average Bonchev–Trinajstić information content (AvgIpc) is 3.92. The smallest absolute Gasteiger partial charge is 0.164 e. The van der Waals surface area contributed by atoms with Crippen molar-refractivity contribution < 1.29 is 4.42 Å². The first-order valence-corrected chi connectivity index (χ1v) is 22.3. The molecule has 0 atom stereocenters. The number of aromatic nitrogens is 4. The standard InChI is InChI=1S/C61H36N4O/c1-2-15-39(16-3-1)59-62-60(43-26-29-49-48-22-10-11-24-56(48)66-57(49)36-43)64-61(63-59)50-30-32-53(51-34-42(25-28-47(50)51)45-23-12-19-37-13-6-8-20-44(37)45)65-54-31-27-38-14-7-9-21-46(38)58(54)52-33-40-17-4-5-18-41(40)35-55(52)65/h1-36H. The first-order chi connectivity index (χ1) is 32.7. The van der Waals surface area contributed by atoms with Gasteiger partial charge in [-0.2, -0.15) is 0 Å². The van der Waals surface area contributed by atoms with Crippen molar-refractivity contribution in [2.75, 3.05) is 0 Å². The SMILES string of the molecule is c1ccc(-c2nc(-c3ccc4c(c3)oc3ccccc34)nc(-c3ccc(-n4c5cc6ccccc6cc5c5c6ccccc6ccc54)c4cc(-c5cccc6ccccc56)ccc34)n2)cc1. The predicted molar refractivity (Wildman–Crippen MR) is 273 cm³/mol. The van der Waals surface area contributed by atoms with E-state index in [-0.39, 0.29) is 0 Å². The first kappa shape index (κ1) is 36.5. The third-order valence-electron chi connectivity index (χ3n) is 13.4. The molecule has 0 aliphatic carbocycles. The molecule has 3 aromatic heterocycles. The van der Waals surface area contributed by atoms with Crippen LogP contribution in [0.4, 0.5) is 0 Å². The van der Waals surface area contributed by atoms with Crippen LogP contribution in [0, 0.1) is 0 Å². The van der Waals surface area contributed by atoms with Gasteiger partial charge < -0.3 is 8.98 Å².